The van der Waals surface area contributed by atoms with E-state index in [4.69, 9.17) is 198 Å². The lowest BCUT2D eigenvalue weighted by atomic mass is 10.1. The molecule has 16 N–H and O–H groups in total. The van der Waals surface area contributed by atoms with Gasteiger partial charge in [0, 0.05) is 72.8 Å². The third-order valence-electron chi connectivity index (χ3n) is 20.7. The third kappa shape index (κ3) is 24.7. The summed E-state index contributed by atoms with van der Waals surface area (Å²) in [4.78, 5) is 170. The quantitative estimate of drug-likeness (QED) is 0.0144. The van der Waals surface area contributed by atoms with E-state index in [9.17, 15) is 48.4 Å². The molecule has 5 fully saturated rings. The van der Waals surface area contributed by atoms with Crippen LogP contribution in [0.3, 0.4) is 0 Å². The number of imidazole rings is 3. The summed E-state index contributed by atoms with van der Waals surface area (Å²) in [5.41, 5.74) is 20.2. The molecule has 732 valence electrons. The van der Waals surface area contributed by atoms with Crippen LogP contribution in [0.15, 0.2) is 61.7 Å². The van der Waals surface area contributed by atoms with Gasteiger partial charge in [0.05, 0.1) is 118 Å². The number of nitrogens with two attached hydrogens (primary N) is 4. The molecule has 65 heteroatoms. The zero-order chi connectivity index (χ0) is 95.1. The maximum atomic E-state index is 14.1. The highest BCUT2D eigenvalue weighted by atomic mass is 32.5. The first-order chi connectivity index (χ1) is 62.8. The standard InChI is InChI=1S/C67H99N20O35P5S5/c1-31-20-83(66(91)77-51(31)68)59-47(105-16-11-99-4)43(35(114-59)24-110-124(94,129)119-42-33(22-103-8)113-61(49(42)107-18-13-101-6)85-28-74-38-52(69)72-27-73-53(38)85)120-126(96,131)111-25-36-44(48(106-17-12-100-5)60(115-36)84-21-32(2)56(88)82-67(84)92)121-127(97,132)112-26-37-45(50(108-19-14-102-7)63(117-37)87-30-76-40-55(87)79-65(71)81-58(40)90)122-125(95,130)109-23-34-41(118-123(9,93)128)46(104-15-10-98-3)62(116-34)86-29-75-39-54(86)78-64(70)80-57(39)89/h20-21,27-30,33-37,41-50,59-63H,10-19,22-26H2,1-9H3,(H,93,128)(H,94,129)(H,95,130)(H,96,131)(H,97,132)(H2,68,77,91)(H2,69,72,73)(H,82,88,92)(H3,70,78,80,89)(H3,71,79,81,90)/t33-,34-,35-,36-,37-,41?,42?,43?,44?,45?,46+,47+,48+,49+,50+,59-,60-,61-,62-,63-,123?,124?,125?,126?,127?/m1/s1. The van der Waals surface area contributed by atoms with Gasteiger partial charge in [0.1, 0.15) is 109 Å². The van der Waals surface area contributed by atoms with Crippen LogP contribution < -0.4 is 51.0 Å². The summed E-state index contributed by atoms with van der Waals surface area (Å²) in [6, 6.07) is 0. The lowest BCUT2D eigenvalue weighted by Crippen LogP contribution is -2.42. The maximum Gasteiger partial charge on any atom is 0.351 e. The highest BCUT2D eigenvalue weighted by molar-refractivity contribution is 8.09. The Labute approximate surface area is 772 Å². The van der Waals surface area contributed by atoms with E-state index in [1.54, 1.807) is 6.92 Å². The Hall–Kier alpha value is -5.94. The molecule has 25 atom stereocenters. The Morgan fingerprint density at radius 1 is 0.371 bits per heavy atom. The van der Waals surface area contributed by atoms with E-state index in [-0.39, 0.29) is 141 Å². The molecule has 5 saturated heterocycles. The second-order valence-corrected chi connectivity index (χ2v) is 44.8. The van der Waals surface area contributed by atoms with Gasteiger partial charge in [0.25, 0.3) is 16.7 Å². The molecule has 5 aliphatic heterocycles. The van der Waals surface area contributed by atoms with Gasteiger partial charge in [-0.05, 0) is 72.9 Å². The Kier molecular flexibility index (Phi) is 35.2. The first kappa shape index (κ1) is 103. The normalized spacial score (nSPS) is 28.7. The minimum atomic E-state index is -5.02. The molecule has 13 heterocycles. The fourth-order valence-electron chi connectivity index (χ4n) is 14.8. The number of nitrogen functional groups attached to an aromatic ring is 4. The summed E-state index contributed by atoms with van der Waals surface area (Å²) < 4.78 is 160. The van der Waals surface area contributed by atoms with Crippen molar-refractivity contribution in [3.63, 3.8) is 0 Å². The number of fused-ring (bicyclic) bond motifs is 3. The second-order valence-electron chi connectivity index (χ2n) is 29.7. The molecule has 13 rings (SSSR count). The van der Waals surface area contributed by atoms with Crippen LogP contribution in [0.1, 0.15) is 42.3 Å². The number of hydrogen-bond donors (Lipinski definition) is 12. The smallest absolute Gasteiger partial charge is 0.351 e. The number of rotatable bonds is 49. The van der Waals surface area contributed by atoms with Crippen molar-refractivity contribution in [2.24, 2.45) is 0 Å². The molecular weight excluding hydrogens is 1960 g/mol. The second kappa shape index (κ2) is 44.9. The zero-order valence-corrected chi connectivity index (χ0v) is 80.1. The highest BCUT2D eigenvalue weighted by Gasteiger charge is 2.58. The monoisotopic (exact) mass is 2060 g/mol. The third-order valence-corrected chi connectivity index (χ3v) is 27.8. The molecule has 8 aromatic rings. The fourth-order valence-corrected chi connectivity index (χ4v) is 21.6. The number of aromatic amines is 3. The number of aromatic nitrogens is 16. The SMILES string of the molecule is COCCO[C@H]1C(OP(O)(=S)OC[C@H]2O[C@@H](n3cc(C)c(=O)[nH]c3=O)[C@@H](OCCOC)C2OP(O)(=S)OC[C@H]2O[C@@H](n3cnc4c(=O)[nH]c(N)nc43)[C@@H](OCCOC)C2OP(O)(=S)OC[C@H]2O[C@@H](n3cnc4c(=O)[nH]c(N)nc43)[C@@H](OCCOC)C2OP(C)(O)=S)[C@@H](COP(O)(=S)OC2[C@@H](COC)O[C@@H](n3cnc4c(N)ncnc43)[C@H]2OCCOC)O[C@H]1n1cc(C)c(N)nc1=O. The molecule has 0 saturated carbocycles. The summed E-state index contributed by atoms with van der Waals surface area (Å²) in [5.74, 6) is -0.721. The van der Waals surface area contributed by atoms with Gasteiger partial charge in [-0.2, -0.15) is 15.0 Å². The molecule has 10 unspecified atom stereocenters. The Bertz CT molecular complexity index is 5910. The molecule has 55 nitrogen and oxygen atoms in total. The zero-order valence-electron chi connectivity index (χ0n) is 71.5. The molecule has 0 amide bonds. The molecule has 5 aliphatic rings. The topological polar surface area (TPSA) is 696 Å². The van der Waals surface area contributed by atoms with Crippen molar-refractivity contribution >= 4 is 149 Å². The van der Waals surface area contributed by atoms with Crippen molar-refractivity contribution < 1.29 is 141 Å². The van der Waals surface area contributed by atoms with Gasteiger partial charge in [-0.15, -0.1) is 0 Å². The average Bonchev–Trinajstić information content (AvgIpc) is 1.62. The summed E-state index contributed by atoms with van der Waals surface area (Å²) in [7, 11) is 8.36. The van der Waals surface area contributed by atoms with Crippen LogP contribution in [0.4, 0.5) is 23.5 Å². The minimum Gasteiger partial charge on any atom is -0.383 e. The first-order valence-electron chi connectivity index (χ1n) is 39.7. The molecule has 132 heavy (non-hydrogen) atoms. The number of nitrogens with zero attached hydrogens (tertiary/aromatic N) is 13. The van der Waals surface area contributed by atoms with Crippen LogP contribution in [-0.2, 0) is 176 Å². The van der Waals surface area contributed by atoms with E-state index in [0.717, 1.165) is 21.7 Å². The molecule has 0 spiro atoms. The number of aryl methyl sites for hydroxylation is 2. The van der Waals surface area contributed by atoms with Crippen LogP contribution in [0, 0.1) is 13.8 Å². The minimum absolute atomic E-state index is 0.0186. The molecule has 0 radical (unpaired) electrons. The van der Waals surface area contributed by atoms with Gasteiger partial charge in [-0.25, -0.2) is 34.5 Å². The first-order valence-corrected chi connectivity index (χ1v) is 53.2. The van der Waals surface area contributed by atoms with Crippen LogP contribution in [0.2, 0.25) is 0 Å². The van der Waals surface area contributed by atoms with Crippen molar-refractivity contribution in [3.8, 4) is 0 Å². The molecule has 0 bridgehead atoms. The fraction of sp³-hybridized carbons (Fsp3) is 0.657. The van der Waals surface area contributed by atoms with Crippen LogP contribution in [-0.4, -0.2) is 342 Å². The number of ether oxygens (including phenoxy) is 16. The van der Waals surface area contributed by atoms with Gasteiger partial charge in [-0.3, -0.25) is 70.3 Å². The van der Waals surface area contributed by atoms with Crippen LogP contribution in [0.25, 0.3) is 33.5 Å². The van der Waals surface area contributed by atoms with Crippen molar-refractivity contribution in [1.29, 1.82) is 0 Å². The molecule has 8 aromatic heterocycles. The van der Waals surface area contributed by atoms with Gasteiger partial charge < -0.3 is 146 Å². The number of methoxy groups -OCH3 is 6. The largest absolute Gasteiger partial charge is 0.383 e. The van der Waals surface area contributed by atoms with E-state index < -0.39 is 211 Å². The summed E-state index contributed by atoms with van der Waals surface area (Å²) in [6.45, 7) is -23.8. The van der Waals surface area contributed by atoms with Crippen molar-refractivity contribution in [2.45, 2.75) is 137 Å². The summed E-state index contributed by atoms with van der Waals surface area (Å²) >= 11 is 28.7. The summed E-state index contributed by atoms with van der Waals surface area (Å²) in [5, 5.41) is 0. The maximum absolute atomic E-state index is 14.1. The van der Waals surface area contributed by atoms with Gasteiger partial charge >= 0.3 is 38.3 Å². The predicted molar refractivity (Wildman–Crippen MR) is 475 cm³/mol. The molecule has 0 aromatic carbocycles. The Morgan fingerprint density at radius 2 is 0.697 bits per heavy atom. The predicted octanol–water partition coefficient (Wildman–Crippen LogP) is -2.07. The summed E-state index contributed by atoms with van der Waals surface area (Å²) in [6.07, 6.45) is -22.4. The molecular formula is C67H99N20O35P5S5. The number of anilines is 4. The van der Waals surface area contributed by atoms with E-state index in [1.165, 1.54) is 95.1 Å². The van der Waals surface area contributed by atoms with Gasteiger partial charge in [-0.1, -0.05) is 0 Å². The van der Waals surface area contributed by atoms with E-state index >= 15 is 0 Å². The lowest BCUT2D eigenvalue weighted by molar-refractivity contribution is -0.0837. The van der Waals surface area contributed by atoms with E-state index in [1.807, 2.05) is 0 Å². The van der Waals surface area contributed by atoms with E-state index in [2.05, 4.69) is 54.8 Å². The van der Waals surface area contributed by atoms with Crippen LogP contribution in [0.5, 0.6) is 0 Å². The van der Waals surface area contributed by atoms with Crippen molar-refractivity contribution in [1.82, 2.24) is 77.7 Å². The number of hydrogen-bond acceptors (Lipinski definition) is 47. The van der Waals surface area contributed by atoms with E-state index in [0.29, 0.717) is 0 Å². The van der Waals surface area contributed by atoms with Gasteiger partial charge in [0.15, 0.2) is 71.4 Å². The average molecular weight is 2060 g/mol. The lowest BCUT2D eigenvalue weighted by Gasteiger charge is -2.31. The van der Waals surface area contributed by atoms with Crippen LogP contribution >= 0.6 is 33.4 Å². The van der Waals surface area contributed by atoms with Crippen molar-refractivity contribution in [3.05, 3.63) is 101 Å². The number of nitrogens with one attached hydrogen (secondary N) is 3. The van der Waals surface area contributed by atoms with Gasteiger partial charge in [0.2, 0.25) is 11.9 Å². The highest BCUT2D eigenvalue weighted by Crippen LogP contribution is 2.57. The molecule has 0 aliphatic carbocycles. The Morgan fingerprint density at radius 3 is 1.05 bits per heavy atom. The Balaban J connectivity index is 0.807. The van der Waals surface area contributed by atoms with Crippen molar-refractivity contribution in [2.75, 3.05) is 171 Å². The number of H-pyrrole nitrogens is 3.